The summed E-state index contributed by atoms with van der Waals surface area (Å²) in [7, 11) is 0. The predicted octanol–water partition coefficient (Wildman–Crippen LogP) is 4.40. The van der Waals surface area contributed by atoms with Crippen LogP contribution in [-0.4, -0.2) is 5.11 Å². The van der Waals surface area contributed by atoms with Gasteiger partial charge < -0.3 is 5.11 Å². The molecular weight excluding hydrogens is 296 g/mol. The topological polar surface area (TPSA) is 20.2 Å². The number of halogens is 1. The van der Waals surface area contributed by atoms with Crippen molar-refractivity contribution in [2.75, 3.05) is 0 Å². The minimum atomic E-state index is -0.401. The van der Waals surface area contributed by atoms with Crippen LogP contribution < -0.4 is 0 Å². The van der Waals surface area contributed by atoms with Gasteiger partial charge in [0.15, 0.2) is 0 Å². The molecule has 1 unspecified atom stereocenters. The third-order valence-corrected chi connectivity index (χ3v) is 4.58. The molecule has 0 aliphatic heterocycles. The monoisotopic (exact) mass is 310 g/mol. The SMILES string of the molecule is Cc1cc(C(O)Cc2cccc(Br)c2)sc1C. The third kappa shape index (κ3) is 3.18. The highest BCUT2D eigenvalue weighted by molar-refractivity contribution is 9.10. The lowest BCUT2D eigenvalue weighted by Gasteiger charge is -2.08. The van der Waals surface area contributed by atoms with Crippen LogP contribution in [0.1, 0.15) is 27.0 Å². The number of aliphatic hydroxyl groups excluding tert-OH is 1. The molecule has 0 aliphatic rings. The van der Waals surface area contributed by atoms with Gasteiger partial charge in [0.25, 0.3) is 0 Å². The first kappa shape index (κ1) is 12.8. The minimum Gasteiger partial charge on any atom is -0.387 e. The molecule has 0 amide bonds. The smallest absolute Gasteiger partial charge is 0.0922 e. The lowest BCUT2D eigenvalue weighted by atomic mass is 10.1. The quantitative estimate of drug-likeness (QED) is 0.890. The second-order valence-corrected chi connectivity index (χ2v) is 6.44. The Balaban J connectivity index is 2.14. The molecule has 0 bridgehead atoms. The van der Waals surface area contributed by atoms with Crippen molar-refractivity contribution in [3.8, 4) is 0 Å². The largest absolute Gasteiger partial charge is 0.387 e. The molecule has 0 saturated heterocycles. The molecule has 2 rings (SSSR count). The predicted molar refractivity (Wildman–Crippen MR) is 76.6 cm³/mol. The number of aryl methyl sites for hydroxylation is 2. The highest BCUT2D eigenvalue weighted by Crippen LogP contribution is 2.28. The van der Waals surface area contributed by atoms with Crippen LogP contribution >= 0.6 is 27.3 Å². The fraction of sp³-hybridized carbons (Fsp3) is 0.286. The Morgan fingerprint density at radius 2 is 2.06 bits per heavy atom. The van der Waals surface area contributed by atoms with Crippen LogP contribution in [0.4, 0.5) is 0 Å². The van der Waals surface area contributed by atoms with Crippen molar-refractivity contribution < 1.29 is 5.11 Å². The molecule has 2 aromatic rings. The number of hydrogen-bond acceptors (Lipinski definition) is 2. The molecule has 1 N–H and O–H groups in total. The molecule has 0 saturated carbocycles. The summed E-state index contributed by atoms with van der Waals surface area (Å²) in [5, 5.41) is 10.2. The molecule has 1 aromatic heterocycles. The van der Waals surface area contributed by atoms with E-state index in [1.54, 1.807) is 11.3 Å². The fourth-order valence-electron chi connectivity index (χ4n) is 1.75. The first-order chi connectivity index (χ1) is 8.06. The molecule has 0 fully saturated rings. The summed E-state index contributed by atoms with van der Waals surface area (Å²) in [4.78, 5) is 2.34. The van der Waals surface area contributed by atoms with E-state index in [9.17, 15) is 5.11 Å². The molecule has 17 heavy (non-hydrogen) atoms. The van der Waals surface area contributed by atoms with Crippen LogP contribution in [0, 0.1) is 13.8 Å². The van der Waals surface area contributed by atoms with Gasteiger partial charge in [-0.1, -0.05) is 28.1 Å². The zero-order valence-corrected chi connectivity index (χ0v) is 12.3. The first-order valence-electron chi connectivity index (χ1n) is 5.55. The number of hydrogen-bond donors (Lipinski definition) is 1. The van der Waals surface area contributed by atoms with E-state index in [-0.39, 0.29) is 0 Å². The Labute approximate surface area is 114 Å². The number of thiophene rings is 1. The Kier molecular flexibility index (Phi) is 4.02. The Morgan fingerprint density at radius 1 is 1.29 bits per heavy atom. The summed E-state index contributed by atoms with van der Waals surface area (Å²) in [6.07, 6.45) is 0.264. The average Bonchev–Trinajstić information content (AvgIpc) is 2.59. The van der Waals surface area contributed by atoms with Crippen LogP contribution in [0.25, 0.3) is 0 Å². The maximum atomic E-state index is 10.2. The molecule has 1 atom stereocenters. The summed E-state index contributed by atoms with van der Waals surface area (Å²) >= 11 is 5.13. The molecule has 1 aromatic carbocycles. The first-order valence-corrected chi connectivity index (χ1v) is 7.16. The highest BCUT2D eigenvalue weighted by Gasteiger charge is 2.12. The molecular formula is C14H15BrOS. The zero-order valence-electron chi connectivity index (χ0n) is 9.90. The molecule has 90 valence electrons. The van der Waals surface area contributed by atoms with Crippen LogP contribution in [0.5, 0.6) is 0 Å². The van der Waals surface area contributed by atoms with Gasteiger partial charge in [0.1, 0.15) is 0 Å². The van der Waals surface area contributed by atoms with Crippen molar-refractivity contribution in [1.82, 2.24) is 0 Å². The van der Waals surface area contributed by atoms with Gasteiger partial charge in [0.05, 0.1) is 6.10 Å². The Morgan fingerprint density at radius 3 is 2.65 bits per heavy atom. The van der Waals surface area contributed by atoms with Crippen LogP contribution in [0.15, 0.2) is 34.8 Å². The summed E-state index contributed by atoms with van der Waals surface area (Å²) in [6, 6.07) is 10.2. The van der Waals surface area contributed by atoms with E-state index in [2.05, 4.69) is 41.9 Å². The third-order valence-electron chi connectivity index (χ3n) is 2.83. The molecule has 1 heterocycles. The van der Waals surface area contributed by atoms with Crippen molar-refractivity contribution in [1.29, 1.82) is 0 Å². The van der Waals surface area contributed by atoms with Gasteiger partial charge >= 0.3 is 0 Å². The maximum absolute atomic E-state index is 10.2. The molecule has 3 heteroatoms. The molecule has 1 nitrogen and oxygen atoms in total. The lowest BCUT2D eigenvalue weighted by Crippen LogP contribution is -1.99. The van der Waals surface area contributed by atoms with E-state index in [4.69, 9.17) is 0 Å². The van der Waals surface area contributed by atoms with Gasteiger partial charge in [0.2, 0.25) is 0 Å². The average molecular weight is 311 g/mol. The Hall–Kier alpha value is -0.640. The van der Waals surface area contributed by atoms with E-state index in [0.717, 1.165) is 14.9 Å². The van der Waals surface area contributed by atoms with E-state index >= 15 is 0 Å². The van der Waals surface area contributed by atoms with E-state index in [1.165, 1.54) is 10.4 Å². The van der Waals surface area contributed by atoms with Crippen molar-refractivity contribution >= 4 is 27.3 Å². The van der Waals surface area contributed by atoms with E-state index < -0.39 is 6.10 Å². The van der Waals surface area contributed by atoms with Crippen molar-refractivity contribution in [2.45, 2.75) is 26.4 Å². The maximum Gasteiger partial charge on any atom is 0.0922 e. The summed E-state index contributed by atoms with van der Waals surface area (Å²) in [5.74, 6) is 0. The van der Waals surface area contributed by atoms with Gasteiger partial charge in [0, 0.05) is 20.6 Å². The van der Waals surface area contributed by atoms with E-state index in [0.29, 0.717) is 6.42 Å². The number of aliphatic hydroxyl groups is 1. The van der Waals surface area contributed by atoms with Gasteiger partial charge in [-0.25, -0.2) is 0 Å². The van der Waals surface area contributed by atoms with Crippen molar-refractivity contribution in [3.63, 3.8) is 0 Å². The summed E-state index contributed by atoms with van der Waals surface area (Å²) in [5.41, 5.74) is 2.41. The van der Waals surface area contributed by atoms with Crippen molar-refractivity contribution in [3.05, 3.63) is 55.7 Å². The zero-order chi connectivity index (χ0) is 12.4. The Bertz CT molecular complexity index is 499. The van der Waals surface area contributed by atoms with Gasteiger partial charge in [-0.15, -0.1) is 11.3 Å². The van der Waals surface area contributed by atoms with E-state index in [1.807, 2.05) is 18.2 Å². The normalized spacial score (nSPS) is 12.7. The van der Waals surface area contributed by atoms with Crippen LogP contribution in [0.3, 0.4) is 0 Å². The second-order valence-electron chi connectivity index (χ2n) is 4.24. The second kappa shape index (κ2) is 5.34. The van der Waals surface area contributed by atoms with Gasteiger partial charge in [-0.3, -0.25) is 0 Å². The van der Waals surface area contributed by atoms with Gasteiger partial charge in [-0.2, -0.15) is 0 Å². The lowest BCUT2D eigenvalue weighted by molar-refractivity contribution is 0.182. The summed E-state index contributed by atoms with van der Waals surface area (Å²) in [6.45, 7) is 4.18. The molecule has 0 radical (unpaired) electrons. The standard InChI is InChI=1S/C14H15BrOS/c1-9-6-14(17-10(9)2)13(16)8-11-4-3-5-12(15)7-11/h3-7,13,16H,8H2,1-2H3. The summed E-state index contributed by atoms with van der Waals surface area (Å²) < 4.78 is 1.06. The fourth-order valence-corrected chi connectivity index (χ4v) is 3.23. The molecule has 0 aliphatic carbocycles. The van der Waals surface area contributed by atoms with Crippen LogP contribution in [0.2, 0.25) is 0 Å². The van der Waals surface area contributed by atoms with Gasteiger partial charge in [-0.05, 0) is 43.2 Å². The highest BCUT2D eigenvalue weighted by atomic mass is 79.9. The minimum absolute atomic E-state index is 0.401. The van der Waals surface area contributed by atoms with Crippen molar-refractivity contribution in [2.24, 2.45) is 0 Å². The number of benzene rings is 1. The molecule has 0 spiro atoms. The van der Waals surface area contributed by atoms with Crippen LogP contribution in [-0.2, 0) is 6.42 Å². The number of rotatable bonds is 3.